The first-order valence-corrected chi connectivity index (χ1v) is 5.76. The molecule has 0 radical (unpaired) electrons. The number of carbonyl (C=O) groups is 1. The van der Waals surface area contributed by atoms with Crippen molar-refractivity contribution in [1.82, 2.24) is 4.98 Å². The second kappa shape index (κ2) is 5.14. The number of hydrogen-bond acceptors (Lipinski definition) is 4. The third-order valence-corrected chi connectivity index (χ3v) is 3.09. The highest BCUT2D eigenvalue weighted by molar-refractivity contribution is 5.91. The number of carbonyl (C=O) groups excluding carboxylic acids is 1. The Balaban J connectivity index is 2.14. The van der Waals surface area contributed by atoms with Gasteiger partial charge in [0.05, 0.1) is 0 Å². The highest BCUT2D eigenvalue weighted by Crippen LogP contribution is 2.19. The maximum absolute atomic E-state index is 11.1. The fourth-order valence-corrected chi connectivity index (χ4v) is 2.02. The van der Waals surface area contributed by atoms with Crippen molar-refractivity contribution >= 4 is 11.7 Å². The summed E-state index contributed by atoms with van der Waals surface area (Å²) in [4.78, 5) is 17.4. The minimum Gasteiger partial charge on any atom is -0.381 e. The molecule has 2 rings (SSSR count). The number of hydrogen-bond donors (Lipinski definition) is 1. The number of nitrogens with zero attached hydrogens (tertiary/aromatic N) is 2. The van der Waals surface area contributed by atoms with Gasteiger partial charge in [-0.2, -0.15) is 0 Å². The van der Waals surface area contributed by atoms with Crippen molar-refractivity contribution in [1.29, 1.82) is 0 Å². The van der Waals surface area contributed by atoms with Gasteiger partial charge in [0, 0.05) is 26.3 Å². The van der Waals surface area contributed by atoms with Crippen LogP contribution in [0.3, 0.4) is 0 Å². The summed E-state index contributed by atoms with van der Waals surface area (Å²) in [6.45, 7) is 1.56. The van der Waals surface area contributed by atoms with E-state index in [-0.39, 0.29) is 0 Å². The van der Waals surface area contributed by atoms with E-state index in [0.29, 0.717) is 11.7 Å². The Bertz CT molecular complexity index is 402. The number of primary amides is 1. The monoisotopic (exact) mass is 235 g/mol. The zero-order valence-electron chi connectivity index (χ0n) is 9.93. The van der Waals surface area contributed by atoms with Crippen LogP contribution in [0.15, 0.2) is 18.2 Å². The van der Waals surface area contributed by atoms with Gasteiger partial charge in [0.25, 0.3) is 5.91 Å². The lowest BCUT2D eigenvalue weighted by Gasteiger charge is -2.32. The Morgan fingerprint density at radius 1 is 1.47 bits per heavy atom. The molecule has 92 valence electrons. The molecule has 17 heavy (non-hydrogen) atoms. The number of rotatable bonds is 3. The van der Waals surface area contributed by atoms with Gasteiger partial charge in [-0.1, -0.05) is 6.07 Å². The van der Waals surface area contributed by atoms with Gasteiger partial charge in [0.15, 0.2) is 0 Å². The summed E-state index contributed by atoms with van der Waals surface area (Å²) in [5, 5.41) is 0. The van der Waals surface area contributed by atoms with Crippen molar-refractivity contribution in [3.05, 3.63) is 23.9 Å². The van der Waals surface area contributed by atoms with Crippen molar-refractivity contribution in [2.45, 2.75) is 18.9 Å². The first-order chi connectivity index (χ1) is 8.18. The van der Waals surface area contributed by atoms with Gasteiger partial charge in [-0.3, -0.25) is 4.79 Å². The van der Waals surface area contributed by atoms with Crippen molar-refractivity contribution in [2.75, 3.05) is 25.2 Å². The van der Waals surface area contributed by atoms with Crippen LogP contribution in [0, 0.1) is 0 Å². The summed E-state index contributed by atoms with van der Waals surface area (Å²) in [5.41, 5.74) is 5.53. The highest BCUT2D eigenvalue weighted by Gasteiger charge is 2.19. The van der Waals surface area contributed by atoms with Crippen LogP contribution in [-0.2, 0) is 4.74 Å². The molecule has 0 saturated carbocycles. The third-order valence-electron chi connectivity index (χ3n) is 3.09. The number of ether oxygens (including phenoxy) is 1. The van der Waals surface area contributed by atoms with Gasteiger partial charge in [-0.05, 0) is 25.0 Å². The van der Waals surface area contributed by atoms with Crippen LogP contribution in [-0.4, -0.2) is 37.2 Å². The summed E-state index contributed by atoms with van der Waals surface area (Å²) in [6, 6.07) is 5.74. The van der Waals surface area contributed by atoms with E-state index < -0.39 is 5.91 Å². The van der Waals surface area contributed by atoms with E-state index in [1.54, 1.807) is 12.1 Å². The molecule has 0 aromatic carbocycles. The average molecular weight is 235 g/mol. The Kier molecular flexibility index (Phi) is 3.58. The number of aromatic nitrogens is 1. The fraction of sp³-hybridized carbons (Fsp3) is 0.500. The molecule has 2 N–H and O–H groups in total. The molecule has 1 fully saturated rings. The predicted octanol–water partition coefficient (Wildman–Crippen LogP) is 0.796. The molecule has 1 saturated heterocycles. The topological polar surface area (TPSA) is 68.5 Å². The second-order valence-corrected chi connectivity index (χ2v) is 4.20. The maximum Gasteiger partial charge on any atom is 0.267 e. The first-order valence-electron chi connectivity index (χ1n) is 5.76. The molecule has 1 aromatic heterocycles. The summed E-state index contributed by atoms with van der Waals surface area (Å²) >= 11 is 0. The third kappa shape index (κ3) is 2.74. The Hall–Kier alpha value is -1.62. The highest BCUT2D eigenvalue weighted by atomic mass is 16.5. The molecule has 1 aromatic rings. The number of anilines is 1. The van der Waals surface area contributed by atoms with Crippen molar-refractivity contribution < 1.29 is 9.53 Å². The van der Waals surface area contributed by atoms with E-state index in [1.807, 2.05) is 13.1 Å². The average Bonchev–Trinajstić information content (AvgIpc) is 2.39. The quantitative estimate of drug-likeness (QED) is 0.841. The Labute approximate surface area is 101 Å². The zero-order valence-corrected chi connectivity index (χ0v) is 9.93. The smallest absolute Gasteiger partial charge is 0.267 e. The van der Waals surface area contributed by atoms with Crippen molar-refractivity contribution in [2.24, 2.45) is 5.73 Å². The van der Waals surface area contributed by atoms with Gasteiger partial charge in [-0.25, -0.2) is 4.98 Å². The van der Waals surface area contributed by atoms with E-state index >= 15 is 0 Å². The fourth-order valence-electron chi connectivity index (χ4n) is 2.02. The molecular formula is C12H17N3O2. The summed E-state index contributed by atoms with van der Waals surface area (Å²) in [5.74, 6) is 0.292. The van der Waals surface area contributed by atoms with Crippen LogP contribution >= 0.6 is 0 Å². The standard InChI is InChI=1S/C12H17N3O2/c1-15(9-5-7-17-8-6-9)11-4-2-3-10(14-11)12(13)16/h2-4,9H,5-8H2,1H3,(H2,13,16). The summed E-state index contributed by atoms with van der Waals surface area (Å²) in [6.07, 6.45) is 1.97. The first kappa shape index (κ1) is 11.9. The van der Waals surface area contributed by atoms with Gasteiger partial charge in [0.2, 0.25) is 0 Å². The zero-order chi connectivity index (χ0) is 12.3. The lowest BCUT2D eigenvalue weighted by Crippen LogP contribution is -2.37. The minimum atomic E-state index is -0.493. The molecule has 1 aliphatic rings. The number of nitrogens with two attached hydrogens (primary N) is 1. The molecule has 0 spiro atoms. The molecule has 2 heterocycles. The number of pyridine rings is 1. The molecule has 0 unspecified atom stereocenters. The second-order valence-electron chi connectivity index (χ2n) is 4.20. The van der Waals surface area contributed by atoms with Crippen LogP contribution in [0.25, 0.3) is 0 Å². The number of amides is 1. The van der Waals surface area contributed by atoms with E-state index in [0.717, 1.165) is 31.9 Å². The Morgan fingerprint density at radius 3 is 2.82 bits per heavy atom. The molecule has 0 atom stereocenters. The molecule has 5 heteroatoms. The van der Waals surface area contributed by atoms with Gasteiger partial charge in [-0.15, -0.1) is 0 Å². The van der Waals surface area contributed by atoms with Gasteiger partial charge >= 0.3 is 0 Å². The van der Waals surface area contributed by atoms with Crippen LogP contribution < -0.4 is 10.6 Å². The van der Waals surface area contributed by atoms with Crippen molar-refractivity contribution in [3.8, 4) is 0 Å². The molecule has 0 bridgehead atoms. The lowest BCUT2D eigenvalue weighted by atomic mass is 10.1. The molecule has 1 amide bonds. The molecule has 0 aliphatic carbocycles. The molecule has 1 aliphatic heterocycles. The van der Waals surface area contributed by atoms with Crippen LogP contribution in [0.4, 0.5) is 5.82 Å². The maximum atomic E-state index is 11.1. The SMILES string of the molecule is CN(c1cccc(C(N)=O)n1)C1CCOCC1. The van der Waals surface area contributed by atoms with E-state index in [9.17, 15) is 4.79 Å². The van der Waals surface area contributed by atoms with Gasteiger partial charge < -0.3 is 15.4 Å². The van der Waals surface area contributed by atoms with E-state index in [4.69, 9.17) is 10.5 Å². The Morgan fingerprint density at radius 2 is 2.18 bits per heavy atom. The van der Waals surface area contributed by atoms with Gasteiger partial charge in [0.1, 0.15) is 11.5 Å². The lowest BCUT2D eigenvalue weighted by molar-refractivity contribution is 0.0853. The van der Waals surface area contributed by atoms with Crippen LogP contribution in [0.1, 0.15) is 23.3 Å². The predicted molar refractivity (Wildman–Crippen MR) is 65.0 cm³/mol. The molecular weight excluding hydrogens is 218 g/mol. The normalized spacial score (nSPS) is 16.8. The minimum absolute atomic E-state index is 0.307. The van der Waals surface area contributed by atoms with E-state index in [2.05, 4.69) is 9.88 Å². The summed E-state index contributed by atoms with van der Waals surface area (Å²) in [7, 11) is 1.99. The summed E-state index contributed by atoms with van der Waals surface area (Å²) < 4.78 is 5.33. The molecule has 5 nitrogen and oxygen atoms in total. The van der Waals surface area contributed by atoms with Crippen LogP contribution in [0.2, 0.25) is 0 Å². The van der Waals surface area contributed by atoms with E-state index in [1.165, 1.54) is 0 Å². The largest absolute Gasteiger partial charge is 0.381 e. The van der Waals surface area contributed by atoms with Crippen LogP contribution in [0.5, 0.6) is 0 Å². The van der Waals surface area contributed by atoms with Crippen molar-refractivity contribution in [3.63, 3.8) is 0 Å².